The van der Waals surface area contributed by atoms with Crippen molar-refractivity contribution < 1.29 is 9.53 Å². The van der Waals surface area contributed by atoms with Gasteiger partial charge in [-0.3, -0.25) is 4.79 Å². The summed E-state index contributed by atoms with van der Waals surface area (Å²) in [5.74, 6) is 0.383. The highest BCUT2D eigenvalue weighted by Crippen LogP contribution is 2.13. The molecule has 1 heterocycles. The smallest absolute Gasteiger partial charge is 0.132 e. The van der Waals surface area contributed by atoms with E-state index in [1.54, 1.807) is 0 Å². The van der Waals surface area contributed by atoms with Gasteiger partial charge in [0.2, 0.25) is 0 Å². The molecule has 0 aromatic heterocycles. The lowest BCUT2D eigenvalue weighted by molar-refractivity contribution is -0.118. The molecule has 0 saturated carbocycles. The molecule has 16 heavy (non-hydrogen) atoms. The highest BCUT2D eigenvalue weighted by molar-refractivity contribution is 5.77. The Kier molecular flexibility index (Phi) is 6.65. The third-order valence-corrected chi connectivity index (χ3v) is 3.26. The maximum absolute atomic E-state index is 11.2. The fourth-order valence-electron chi connectivity index (χ4n) is 2.13. The fraction of sp³-hybridized carbons (Fsp3) is 0.923. The molecule has 3 heteroatoms. The minimum atomic E-state index is 0.383. The van der Waals surface area contributed by atoms with Crippen molar-refractivity contribution in [1.29, 1.82) is 0 Å². The fourth-order valence-corrected chi connectivity index (χ4v) is 2.13. The van der Waals surface area contributed by atoms with Crippen molar-refractivity contribution in [1.82, 2.24) is 4.90 Å². The van der Waals surface area contributed by atoms with Crippen LogP contribution in [0.5, 0.6) is 0 Å². The minimum absolute atomic E-state index is 0.383. The second-order valence-electron chi connectivity index (χ2n) is 4.52. The van der Waals surface area contributed by atoms with Crippen molar-refractivity contribution >= 4 is 5.78 Å². The van der Waals surface area contributed by atoms with Crippen molar-refractivity contribution in [3.8, 4) is 0 Å². The van der Waals surface area contributed by atoms with E-state index < -0.39 is 0 Å². The predicted molar refractivity (Wildman–Crippen MR) is 65.6 cm³/mol. The molecule has 0 amide bonds. The zero-order valence-electron chi connectivity index (χ0n) is 10.7. The number of hydrogen-bond donors (Lipinski definition) is 0. The van der Waals surface area contributed by atoms with E-state index in [1.165, 1.54) is 12.8 Å². The van der Waals surface area contributed by atoms with Gasteiger partial charge in [-0.2, -0.15) is 0 Å². The number of carbonyl (C=O) groups is 1. The molecule has 1 atom stereocenters. The summed E-state index contributed by atoms with van der Waals surface area (Å²) in [4.78, 5) is 13.6. The van der Waals surface area contributed by atoms with Gasteiger partial charge in [-0.1, -0.05) is 13.8 Å². The van der Waals surface area contributed by atoms with Crippen LogP contribution in [-0.2, 0) is 9.53 Å². The van der Waals surface area contributed by atoms with E-state index in [0.29, 0.717) is 18.3 Å². The Bertz CT molecular complexity index is 200. The molecule has 1 aliphatic rings. The van der Waals surface area contributed by atoms with Crippen LogP contribution >= 0.6 is 0 Å². The normalized spacial score (nSPS) is 20.6. The van der Waals surface area contributed by atoms with E-state index in [1.807, 2.05) is 6.92 Å². The summed E-state index contributed by atoms with van der Waals surface area (Å²) >= 11 is 0. The molecule has 1 rings (SSSR count). The molecule has 0 aromatic rings. The van der Waals surface area contributed by atoms with E-state index in [2.05, 4.69) is 11.8 Å². The van der Waals surface area contributed by atoms with Crippen LogP contribution in [0.2, 0.25) is 0 Å². The summed E-state index contributed by atoms with van der Waals surface area (Å²) in [6.07, 6.45) is 5.24. The Morgan fingerprint density at radius 1 is 1.44 bits per heavy atom. The van der Waals surface area contributed by atoms with Gasteiger partial charge in [0.15, 0.2) is 0 Å². The van der Waals surface area contributed by atoms with Crippen LogP contribution in [0, 0.1) is 0 Å². The Morgan fingerprint density at radius 3 is 2.81 bits per heavy atom. The van der Waals surface area contributed by atoms with Crippen LogP contribution in [0.4, 0.5) is 0 Å². The molecule has 3 nitrogen and oxygen atoms in total. The van der Waals surface area contributed by atoms with Gasteiger partial charge in [0.25, 0.3) is 0 Å². The number of hydrogen-bond acceptors (Lipinski definition) is 3. The van der Waals surface area contributed by atoms with E-state index in [4.69, 9.17) is 4.74 Å². The second-order valence-corrected chi connectivity index (χ2v) is 4.52. The average Bonchev–Trinajstić information content (AvgIpc) is 2.80. The minimum Gasteiger partial charge on any atom is -0.377 e. The third-order valence-electron chi connectivity index (χ3n) is 3.26. The zero-order valence-corrected chi connectivity index (χ0v) is 10.7. The lowest BCUT2D eigenvalue weighted by Gasteiger charge is -2.23. The number of Topliss-reactive ketones (excluding diaryl/α,β-unsaturated/α-hetero) is 1. The van der Waals surface area contributed by atoms with Gasteiger partial charge < -0.3 is 9.64 Å². The first-order valence-corrected chi connectivity index (χ1v) is 6.62. The maximum atomic E-state index is 11.2. The van der Waals surface area contributed by atoms with E-state index in [9.17, 15) is 4.79 Å². The molecule has 1 unspecified atom stereocenters. The van der Waals surface area contributed by atoms with Crippen LogP contribution in [0.1, 0.15) is 46.0 Å². The Hall–Kier alpha value is -0.410. The van der Waals surface area contributed by atoms with Gasteiger partial charge in [0.1, 0.15) is 5.78 Å². The van der Waals surface area contributed by atoms with Crippen LogP contribution in [0.3, 0.4) is 0 Å². The molecule has 0 N–H and O–H groups in total. The molecule has 0 spiro atoms. The first-order valence-electron chi connectivity index (χ1n) is 6.62. The number of nitrogens with zero attached hydrogens (tertiary/aromatic N) is 1. The Labute approximate surface area is 99.1 Å². The number of ketones is 1. The van der Waals surface area contributed by atoms with Crippen molar-refractivity contribution in [3.05, 3.63) is 0 Å². The van der Waals surface area contributed by atoms with E-state index in [0.717, 1.165) is 39.1 Å². The zero-order chi connectivity index (χ0) is 11.8. The number of rotatable bonds is 8. The lowest BCUT2D eigenvalue weighted by atomic mass is 10.1. The molecular formula is C13H25NO2. The summed E-state index contributed by atoms with van der Waals surface area (Å²) in [7, 11) is 0. The van der Waals surface area contributed by atoms with Crippen molar-refractivity contribution in [2.75, 3.05) is 26.2 Å². The number of ether oxygens (including phenoxy) is 1. The summed E-state index contributed by atoms with van der Waals surface area (Å²) in [6.45, 7) is 8.17. The van der Waals surface area contributed by atoms with Crippen molar-refractivity contribution in [3.63, 3.8) is 0 Å². The number of carbonyl (C=O) groups excluding carboxylic acids is 1. The van der Waals surface area contributed by atoms with Crippen molar-refractivity contribution in [2.24, 2.45) is 0 Å². The van der Waals surface area contributed by atoms with Crippen LogP contribution in [-0.4, -0.2) is 43.0 Å². The Morgan fingerprint density at radius 2 is 2.25 bits per heavy atom. The quantitative estimate of drug-likeness (QED) is 0.637. The van der Waals surface area contributed by atoms with Crippen LogP contribution in [0.25, 0.3) is 0 Å². The predicted octanol–water partition coefficient (Wildman–Crippen LogP) is 2.25. The highest BCUT2D eigenvalue weighted by Gasteiger charge is 2.18. The standard InChI is InChI=1S/C13H25NO2/c1-3-12(15)7-5-9-14(4-2)11-13-8-6-10-16-13/h13H,3-11H2,1-2H3. The second kappa shape index (κ2) is 7.80. The topological polar surface area (TPSA) is 29.5 Å². The van der Waals surface area contributed by atoms with Gasteiger partial charge in [-0.05, 0) is 32.4 Å². The SMILES string of the molecule is CCC(=O)CCCN(CC)CC1CCCO1. The molecule has 1 aliphatic heterocycles. The summed E-state index contributed by atoms with van der Waals surface area (Å²) < 4.78 is 5.63. The number of likely N-dealkylation sites (N-methyl/N-ethyl adjacent to an activating group) is 1. The first kappa shape index (κ1) is 13.7. The van der Waals surface area contributed by atoms with Crippen molar-refractivity contribution in [2.45, 2.75) is 52.1 Å². The molecular weight excluding hydrogens is 202 g/mol. The molecule has 0 radical (unpaired) electrons. The van der Waals surface area contributed by atoms with E-state index >= 15 is 0 Å². The van der Waals surface area contributed by atoms with E-state index in [-0.39, 0.29) is 0 Å². The van der Waals surface area contributed by atoms with Gasteiger partial charge in [-0.15, -0.1) is 0 Å². The summed E-state index contributed by atoms with van der Waals surface area (Å²) in [5, 5.41) is 0. The first-order chi connectivity index (χ1) is 7.76. The van der Waals surface area contributed by atoms with Gasteiger partial charge in [-0.25, -0.2) is 0 Å². The van der Waals surface area contributed by atoms with Gasteiger partial charge in [0, 0.05) is 26.0 Å². The molecule has 0 bridgehead atoms. The summed E-state index contributed by atoms with van der Waals surface area (Å²) in [5.41, 5.74) is 0. The average molecular weight is 227 g/mol. The van der Waals surface area contributed by atoms with Gasteiger partial charge in [0.05, 0.1) is 6.10 Å². The van der Waals surface area contributed by atoms with Gasteiger partial charge >= 0.3 is 0 Å². The van der Waals surface area contributed by atoms with Crippen LogP contribution < -0.4 is 0 Å². The maximum Gasteiger partial charge on any atom is 0.132 e. The lowest BCUT2D eigenvalue weighted by Crippen LogP contribution is -2.33. The molecule has 94 valence electrons. The molecule has 0 aromatic carbocycles. The molecule has 0 aliphatic carbocycles. The Balaban J connectivity index is 2.13. The summed E-state index contributed by atoms with van der Waals surface area (Å²) in [6, 6.07) is 0. The highest BCUT2D eigenvalue weighted by atomic mass is 16.5. The third kappa shape index (κ3) is 5.08. The molecule has 1 fully saturated rings. The van der Waals surface area contributed by atoms with Crippen LogP contribution in [0.15, 0.2) is 0 Å². The largest absolute Gasteiger partial charge is 0.377 e. The molecule has 1 saturated heterocycles. The monoisotopic (exact) mass is 227 g/mol.